The van der Waals surface area contributed by atoms with Crippen molar-refractivity contribution in [3.63, 3.8) is 0 Å². The maximum atomic E-state index is 10.2. The minimum Gasteiger partial charge on any atom is -0.508 e. The molecule has 0 aromatic carbocycles. The van der Waals surface area contributed by atoms with Gasteiger partial charge in [-0.1, -0.05) is 65.8 Å². The van der Waals surface area contributed by atoms with Gasteiger partial charge in [0.2, 0.25) is 0 Å². The minimum atomic E-state index is 0.308. The average Bonchev–Trinajstić information content (AvgIpc) is 2.62. The van der Waals surface area contributed by atoms with Gasteiger partial charge in [0.05, 0.1) is 0 Å². The van der Waals surface area contributed by atoms with Gasteiger partial charge < -0.3 is 5.11 Å². The van der Waals surface area contributed by atoms with E-state index in [1.54, 1.807) is 0 Å². The smallest absolute Gasteiger partial charge is 0.116 e. The summed E-state index contributed by atoms with van der Waals surface area (Å²) in [5, 5.41) is 10.2. The molecule has 1 nitrogen and oxygen atoms in total. The molecule has 0 bridgehead atoms. The highest BCUT2D eigenvalue weighted by molar-refractivity contribution is 5.55. The summed E-state index contributed by atoms with van der Waals surface area (Å²) in [6.45, 7) is 8.44. The second-order valence-corrected chi connectivity index (χ2v) is 7.60. The van der Waals surface area contributed by atoms with Crippen LogP contribution in [0.15, 0.2) is 117 Å². The Morgan fingerprint density at radius 1 is 0.741 bits per heavy atom. The standard InChI is InChI=1S/C26H28O/c1-18-11-19(2)15-25(27)17-23(13-18)16-22-10-9-21(4)26-8-6-5-7-24(26)14-20(3)12-22/h5-6,8-15,17,27H,7,16H2,1-4H3/b18-11?,18-13?,19-11?,19-15?,20-12-,21-9-,22-10+,23-13?,23-17?,24-14-,25-15?,25-17?. The molecular formula is C26H28O. The summed E-state index contributed by atoms with van der Waals surface area (Å²) in [5.41, 5.74) is 9.83. The normalized spacial score (nSPS) is 28.1. The first-order valence-corrected chi connectivity index (χ1v) is 9.52. The van der Waals surface area contributed by atoms with Gasteiger partial charge in [-0.3, -0.25) is 0 Å². The largest absolute Gasteiger partial charge is 0.508 e. The van der Waals surface area contributed by atoms with Crippen molar-refractivity contribution in [1.82, 2.24) is 0 Å². The fraction of sp³-hybridized carbons (Fsp3) is 0.231. The zero-order valence-corrected chi connectivity index (χ0v) is 16.7. The Morgan fingerprint density at radius 3 is 2.30 bits per heavy atom. The summed E-state index contributed by atoms with van der Waals surface area (Å²) in [5.74, 6) is 0.308. The lowest BCUT2D eigenvalue weighted by Crippen LogP contribution is -1.95. The SMILES string of the molecule is CC1=CC(C)=CC(O)=CC(CC2=C/C=C(/C)C3=CC=CC/C3=C/C(C)=C\2)=C1. The molecule has 27 heavy (non-hydrogen) atoms. The van der Waals surface area contributed by atoms with Crippen LogP contribution < -0.4 is 0 Å². The molecule has 3 rings (SSSR count). The number of allylic oxidation sites excluding steroid dienone is 19. The van der Waals surface area contributed by atoms with Gasteiger partial charge in [-0.05, 0) is 86.1 Å². The van der Waals surface area contributed by atoms with Gasteiger partial charge in [0, 0.05) is 0 Å². The summed E-state index contributed by atoms with van der Waals surface area (Å²) in [4.78, 5) is 0. The molecule has 138 valence electrons. The Hall–Kier alpha value is -2.80. The van der Waals surface area contributed by atoms with E-state index in [1.807, 2.05) is 19.1 Å². The van der Waals surface area contributed by atoms with E-state index in [0.717, 1.165) is 24.0 Å². The maximum absolute atomic E-state index is 10.2. The summed E-state index contributed by atoms with van der Waals surface area (Å²) >= 11 is 0. The quantitative estimate of drug-likeness (QED) is 0.550. The van der Waals surface area contributed by atoms with Crippen LogP contribution in [0.3, 0.4) is 0 Å². The van der Waals surface area contributed by atoms with Crippen LogP contribution in [0.4, 0.5) is 0 Å². The van der Waals surface area contributed by atoms with Crippen molar-refractivity contribution < 1.29 is 5.11 Å². The molecule has 0 aliphatic heterocycles. The van der Waals surface area contributed by atoms with Gasteiger partial charge in [0.1, 0.15) is 5.76 Å². The molecule has 0 fully saturated rings. The van der Waals surface area contributed by atoms with Crippen molar-refractivity contribution in [3.05, 3.63) is 117 Å². The summed E-state index contributed by atoms with van der Waals surface area (Å²) in [6, 6.07) is 0. The van der Waals surface area contributed by atoms with Crippen LogP contribution in [0.1, 0.15) is 40.5 Å². The van der Waals surface area contributed by atoms with Crippen LogP contribution in [0.5, 0.6) is 0 Å². The Labute approximate surface area is 163 Å². The second-order valence-electron chi connectivity index (χ2n) is 7.60. The Bertz CT molecular complexity index is 944. The van der Waals surface area contributed by atoms with Gasteiger partial charge in [-0.15, -0.1) is 0 Å². The van der Waals surface area contributed by atoms with E-state index in [9.17, 15) is 5.11 Å². The van der Waals surface area contributed by atoms with Gasteiger partial charge in [-0.2, -0.15) is 0 Å². The third-order valence-corrected chi connectivity index (χ3v) is 4.86. The van der Waals surface area contributed by atoms with E-state index in [1.165, 1.54) is 33.4 Å². The highest BCUT2D eigenvalue weighted by Crippen LogP contribution is 2.30. The molecule has 1 heteroatoms. The highest BCUT2D eigenvalue weighted by Gasteiger charge is 2.11. The van der Waals surface area contributed by atoms with Crippen LogP contribution in [0.2, 0.25) is 0 Å². The Kier molecular flexibility index (Phi) is 5.81. The van der Waals surface area contributed by atoms with E-state index >= 15 is 0 Å². The van der Waals surface area contributed by atoms with Gasteiger partial charge in [0.15, 0.2) is 0 Å². The summed E-state index contributed by atoms with van der Waals surface area (Å²) in [7, 11) is 0. The molecule has 0 atom stereocenters. The third-order valence-electron chi connectivity index (χ3n) is 4.86. The number of rotatable bonds is 2. The number of hydrogen-bond donors (Lipinski definition) is 1. The van der Waals surface area contributed by atoms with Crippen molar-refractivity contribution in [2.75, 3.05) is 0 Å². The zero-order valence-electron chi connectivity index (χ0n) is 16.7. The first-order valence-electron chi connectivity index (χ1n) is 9.52. The first kappa shape index (κ1) is 19.0. The third kappa shape index (κ3) is 5.10. The molecule has 0 saturated heterocycles. The van der Waals surface area contributed by atoms with E-state index in [-0.39, 0.29) is 0 Å². The number of hydrogen-bond acceptors (Lipinski definition) is 1. The Balaban J connectivity index is 1.96. The van der Waals surface area contributed by atoms with E-state index in [4.69, 9.17) is 0 Å². The molecule has 0 unspecified atom stereocenters. The van der Waals surface area contributed by atoms with Crippen molar-refractivity contribution in [3.8, 4) is 0 Å². The maximum Gasteiger partial charge on any atom is 0.116 e. The van der Waals surface area contributed by atoms with E-state index in [0.29, 0.717) is 5.76 Å². The molecule has 0 radical (unpaired) electrons. The molecule has 3 aliphatic carbocycles. The first-order chi connectivity index (χ1) is 12.9. The van der Waals surface area contributed by atoms with E-state index < -0.39 is 0 Å². The minimum absolute atomic E-state index is 0.308. The lowest BCUT2D eigenvalue weighted by molar-refractivity contribution is 0.431. The fourth-order valence-corrected chi connectivity index (χ4v) is 3.77. The molecule has 0 spiro atoms. The molecular weight excluding hydrogens is 328 g/mol. The van der Waals surface area contributed by atoms with Gasteiger partial charge in [-0.25, -0.2) is 0 Å². The van der Waals surface area contributed by atoms with Crippen molar-refractivity contribution in [2.24, 2.45) is 0 Å². The van der Waals surface area contributed by atoms with Crippen LogP contribution in [-0.4, -0.2) is 5.11 Å². The average molecular weight is 357 g/mol. The highest BCUT2D eigenvalue weighted by atomic mass is 16.3. The van der Waals surface area contributed by atoms with Gasteiger partial charge in [0.25, 0.3) is 0 Å². The monoisotopic (exact) mass is 356 g/mol. The lowest BCUT2D eigenvalue weighted by atomic mass is 9.91. The number of aliphatic hydroxyl groups is 1. The number of aliphatic hydroxyl groups excluding tert-OH is 1. The summed E-state index contributed by atoms with van der Waals surface area (Å²) < 4.78 is 0. The molecule has 3 aliphatic rings. The summed E-state index contributed by atoms with van der Waals surface area (Å²) in [6.07, 6.45) is 25.2. The van der Waals surface area contributed by atoms with Crippen molar-refractivity contribution in [1.29, 1.82) is 0 Å². The predicted molar refractivity (Wildman–Crippen MR) is 116 cm³/mol. The van der Waals surface area contributed by atoms with Crippen LogP contribution in [0, 0.1) is 0 Å². The van der Waals surface area contributed by atoms with Crippen molar-refractivity contribution in [2.45, 2.75) is 40.5 Å². The molecule has 1 N–H and O–H groups in total. The Morgan fingerprint density at radius 2 is 1.48 bits per heavy atom. The van der Waals surface area contributed by atoms with Crippen LogP contribution in [0.25, 0.3) is 0 Å². The molecule has 0 aromatic rings. The van der Waals surface area contributed by atoms with Crippen LogP contribution >= 0.6 is 0 Å². The molecule has 0 heterocycles. The molecule has 0 amide bonds. The second kappa shape index (κ2) is 8.26. The topological polar surface area (TPSA) is 20.2 Å². The fourth-order valence-electron chi connectivity index (χ4n) is 3.77. The number of fused-ring (bicyclic) bond motifs is 1. The van der Waals surface area contributed by atoms with Crippen LogP contribution in [-0.2, 0) is 0 Å². The zero-order chi connectivity index (χ0) is 19.4. The van der Waals surface area contributed by atoms with Gasteiger partial charge >= 0.3 is 0 Å². The predicted octanol–water partition coefficient (Wildman–Crippen LogP) is 7.30. The lowest BCUT2D eigenvalue weighted by Gasteiger charge is -2.14. The molecule has 0 aromatic heterocycles. The molecule has 0 saturated carbocycles. The van der Waals surface area contributed by atoms with Crippen molar-refractivity contribution >= 4 is 0 Å². The van der Waals surface area contributed by atoms with E-state index in [2.05, 4.69) is 75.5 Å².